The first-order chi connectivity index (χ1) is 19.7. The van der Waals surface area contributed by atoms with Gasteiger partial charge in [-0.1, -0.05) is 57.9 Å². The minimum absolute atomic E-state index is 0.134. The van der Waals surface area contributed by atoms with Gasteiger partial charge in [-0.15, -0.1) is 0 Å². The summed E-state index contributed by atoms with van der Waals surface area (Å²) < 4.78 is 7.14. The average Bonchev–Trinajstić information content (AvgIpc) is 3.35. The number of halogens is 3. The monoisotopic (exact) mass is 742 g/mol. The van der Waals surface area contributed by atoms with E-state index in [1.165, 1.54) is 30.5 Å². The number of hydrogen-bond acceptors (Lipinski definition) is 6. The van der Waals surface area contributed by atoms with Crippen LogP contribution in [0.1, 0.15) is 26.4 Å². The topological polar surface area (TPSA) is 127 Å². The number of aromatic amines is 1. The molecule has 0 unspecified atom stereocenters. The molecule has 5 aromatic rings. The first-order valence-electron chi connectivity index (χ1n) is 11.9. The Morgan fingerprint density at radius 2 is 1.80 bits per heavy atom. The van der Waals surface area contributed by atoms with E-state index in [4.69, 9.17) is 16.3 Å². The third-order valence-electron chi connectivity index (χ3n) is 6.01. The summed E-state index contributed by atoms with van der Waals surface area (Å²) in [5, 5.41) is 16.3. The van der Waals surface area contributed by atoms with Crippen LogP contribution in [0.3, 0.4) is 0 Å². The molecule has 1 amide bonds. The van der Waals surface area contributed by atoms with E-state index in [2.05, 4.69) is 54.0 Å². The van der Waals surface area contributed by atoms with Gasteiger partial charge in [0.2, 0.25) is 0 Å². The van der Waals surface area contributed by atoms with Gasteiger partial charge in [0, 0.05) is 47.3 Å². The number of carbonyl (C=O) groups excluding carboxylic acids is 2. The molecule has 0 aliphatic rings. The minimum Gasteiger partial charge on any atom is -0.422 e. The lowest BCUT2D eigenvalue weighted by Crippen LogP contribution is -2.19. The van der Waals surface area contributed by atoms with Gasteiger partial charge in [-0.3, -0.25) is 14.9 Å². The fourth-order valence-corrected chi connectivity index (χ4v) is 5.35. The van der Waals surface area contributed by atoms with Gasteiger partial charge in [0.1, 0.15) is 11.4 Å². The maximum absolute atomic E-state index is 13.4. The van der Waals surface area contributed by atoms with E-state index in [-0.39, 0.29) is 22.7 Å². The number of para-hydroxylation sites is 1. The van der Waals surface area contributed by atoms with Crippen molar-refractivity contribution < 1.29 is 19.2 Å². The van der Waals surface area contributed by atoms with Crippen molar-refractivity contribution in [2.24, 2.45) is 5.10 Å². The van der Waals surface area contributed by atoms with Gasteiger partial charge in [-0.25, -0.2) is 10.2 Å². The number of nitro benzene ring substituents is 1. The molecule has 12 heteroatoms. The van der Waals surface area contributed by atoms with Crippen molar-refractivity contribution in [1.29, 1.82) is 0 Å². The lowest BCUT2D eigenvalue weighted by atomic mass is 10.0. The van der Waals surface area contributed by atoms with Crippen LogP contribution >= 0.6 is 50.1 Å². The number of aromatic nitrogens is 1. The van der Waals surface area contributed by atoms with Gasteiger partial charge in [0.15, 0.2) is 0 Å². The van der Waals surface area contributed by atoms with E-state index in [9.17, 15) is 19.7 Å². The van der Waals surface area contributed by atoms with Crippen LogP contribution in [-0.4, -0.2) is 28.0 Å². The first-order valence-corrected chi connectivity index (χ1v) is 14.1. The van der Waals surface area contributed by atoms with E-state index in [0.717, 1.165) is 14.5 Å². The Hall–Kier alpha value is -4.07. The highest BCUT2D eigenvalue weighted by molar-refractivity contribution is 14.1. The lowest BCUT2D eigenvalue weighted by Gasteiger charge is -2.08. The summed E-state index contributed by atoms with van der Waals surface area (Å²) in [5.74, 6) is -1.04. The smallest absolute Gasteiger partial charge is 0.343 e. The number of ether oxygens (including phenoxy) is 1. The van der Waals surface area contributed by atoms with Gasteiger partial charge >= 0.3 is 5.97 Å². The lowest BCUT2D eigenvalue weighted by molar-refractivity contribution is -0.384. The first kappa shape index (κ1) is 28.5. The number of non-ortho nitro benzene ring substituents is 1. The maximum atomic E-state index is 13.4. The molecular formula is C29H17BrClIN4O5. The Bertz CT molecular complexity index is 1860. The molecule has 5 rings (SSSR count). The molecule has 0 saturated heterocycles. The van der Waals surface area contributed by atoms with Crippen LogP contribution in [0.5, 0.6) is 5.75 Å². The predicted molar refractivity (Wildman–Crippen MR) is 169 cm³/mol. The minimum atomic E-state index is -0.710. The predicted octanol–water partition coefficient (Wildman–Crippen LogP) is 7.75. The van der Waals surface area contributed by atoms with Crippen molar-refractivity contribution >= 4 is 84.8 Å². The molecule has 0 saturated carbocycles. The van der Waals surface area contributed by atoms with E-state index in [1.807, 2.05) is 36.4 Å². The molecule has 0 radical (unpaired) electrons. The number of rotatable bonds is 7. The molecule has 0 bridgehead atoms. The van der Waals surface area contributed by atoms with Gasteiger partial charge < -0.3 is 9.72 Å². The third kappa shape index (κ3) is 6.16. The zero-order valence-corrected chi connectivity index (χ0v) is 25.2. The maximum Gasteiger partial charge on any atom is 0.343 e. The third-order valence-corrected chi connectivity index (χ3v) is 7.73. The number of carbonyl (C=O) groups is 2. The molecule has 1 heterocycles. The van der Waals surface area contributed by atoms with Crippen LogP contribution in [0.25, 0.3) is 22.0 Å². The van der Waals surface area contributed by atoms with Gasteiger partial charge in [0.25, 0.3) is 11.6 Å². The number of nitrogens with zero attached hydrogens (tertiary/aromatic N) is 2. The molecule has 2 N–H and O–H groups in total. The SMILES string of the molecule is O=C(Oc1ccc(Br)cc1C=NNC(=O)c1[nH]c2c(I)cccc2c1-c1ccccc1Cl)c1ccc([N+](=O)[O-])cc1. The molecular weight excluding hydrogens is 727 g/mol. The number of nitro groups is 1. The van der Waals surface area contributed by atoms with Crippen molar-refractivity contribution in [3.05, 3.63) is 125 Å². The van der Waals surface area contributed by atoms with Gasteiger partial charge in [0.05, 0.1) is 22.2 Å². The van der Waals surface area contributed by atoms with Crippen molar-refractivity contribution in [3.8, 4) is 16.9 Å². The fourth-order valence-electron chi connectivity index (χ4n) is 4.10. The second kappa shape index (κ2) is 12.2. The molecule has 1 aromatic heterocycles. The van der Waals surface area contributed by atoms with Crippen molar-refractivity contribution in [2.75, 3.05) is 0 Å². The number of fused-ring (bicyclic) bond motifs is 1. The zero-order chi connectivity index (χ0) is 29.1. The fraction of sp³-hybridized carbons (Fsp3) is 0. The number of amides is 1. The summed E-state index contributed by atoms with van der Waals surface area (Å²) >= 11 is 12.1. The van der Waals surface area contributed by atoms with Crippen molar-refractivity contribution in [2.45, 2.75) is 0 Å². The zero-order valence-electron chi connectivity index (χ0n) is 20.7. The number of esters is 1. The van der Waals surface area contributed by atoms with Crippen molar-refractivity contribution in [1.82, 2.24) is 10.4 Å². The van der Waals surface area contributed by atoms with Gasteiger partial charge in [-0.05, 0) is 65.1 Å². The molecule has 0 aliphatic heterocycles. The van der Waals surface area contributed by atoms with Gasteiger partial charge in [-0.2, -0.15) is 5.10 Å². The molecule has 9 nitrogen and oxygen atoms in total. The second-order valence-corrected chi connectivity index (χ2v) is 11.1. The number of nitrogens with one attached hydrogen (secondary N) is 2. The number of H-pyrrole nitrogens is 1. The Labute approximate surface area is 260 Å². The quantitative estimate of drug-likeness (QED) is 0.0441. The number of hydrazone groups is 1. The van der Waals surface area contributed by atoms with Crippen molar-refractivity contribution in [3.63, 3.8) is 0 Å². The van der Waals surface area contributed by atoms with E-state index in [1.54, 1.807) is 24.3 Å². The van der Waals surface area contributed by atoms with E-state index in [0.29, 0.717) is 26.2 Å². The number of benzene rings is 4. The summed E-state index contributed by atoms with van der Waals surface area (Å²) in [6.07, 6.45) is 1.35. The normalized spacial score (nSPS) is 11.1. The second-order valence-electron chi connectivity index (χ2n) is 8.59. The highest BCUT2D eigenvalue weighted by Gasteiger charge is 2.22. The molecule has 0 fully saturated rings. The van der Waals surface area contributed by atoms with Crippen LogP contribution in [0, 0.1) is 13.7 Å². The molecule has 0 spiro atoms. The molecule has 0 aliphatic carbocycles. The summed E-state index contributed by atoms with van der Waals surface area (Å²) in [6, 6.07) is 23.0. The highest BCUT2D eigenvalue weighted by Crippen LogP contribution is 2.38. The largest absolute Gasteiger partial charge is 0.422 e. The summed E-state index contributed by atoms with van der Waals surface area (Å²) in [6.45, 7) is 0. The van der Waals surface area contributed by atoms with Crippen LogP contribution in [0.15, 0.2) is 94.5 Å². The summed E-state index contributed by atoms with van der Waals surface area (Å²) in [5.41, 5.74) is 5.36. The highest BCUT2D eigenvalue weighted by atomic mass is 127. The van der Waals surface area contributed by atoms with Crippen LogP contribution in [-0.2, 0) is 0 Å². The van der Waals surface area contributed by atoms with E-state index < -0.39 is 16.8 Å². The molecule has 41 heavy (non-hydrogen) atoms. The average molecular weight is 744 g/mol. The molecule has 0 atom stereocenters. The van der Waals surface area contributed by atoms with Crippen LogP contribution in [0.2, 0.25) is 5.02 Å². The molecule has 4 aromatic carbocycles. The molecule has 204 valence electrons. The Morgan fingerprint density at radius 1 is 1.05 bits per heavy atom. The summed E-state index contributed by atoms with van der Waals surface area (Å²) in [4.78, 5) is 39.6. The van der Waals surface area contributed by atoms with Crippen LogP contribution in [0.4, 0.5) is 5.69 Å². The van der Waals surface area contributed by atoms with E-state index >= 15 is 0 Å². The Kier molecular flexibility index (Phi) is 8.47. The Balaban J connectivity index is 1.41. The number of hydrogen-bond donors (Lipinski definition) is 2. The Morgan fingerprint density at radius 3 is 2.54 bits per heavy atom. The summed E-state index contributed by atoms with van der Waals surface area (Å²) in [7, 11) is 0. The van der Waals surface area contributed by atoms with Crippen LogP contribution < -0.4 is 10.2 Å². The standard InChI is InChI=1S/C29H17BrClIN4O5/c30-18-10-13-24(41-29(38)16-8-11-19(12-9-16)36(39)40)17(14-18)15-33-35-28(37)27-25(20-4-1-2-6-22(20)31)21-5-3-7-23(32)26(21)34-27/h1-15,34H,(H,35,37).